The number of unbranched alkanes of at least 4 members (excludes halogenated alkanes) is 1. The number of aromatic nitrogens is 1. The lowest BCUT2D eigenvalue weighted by molar-refractivity contribution is -0.142. The highest BCUT2D eigenvalue weighted by Gasteiger charge is 2.32. The van der Waals surface area contributed by atoms with Gasteiger partial charge in [0, 0.05) is 11.9 Å². The fourth-order valence-corrected chi connectivity index (χ4v) is 2.81. The maximum absolute atomic E-state index is 11.2. The summed E-state index contributed by atoms with van der Waals surface area (Å²) >= 11 is 1.48. The van der Waals surface area contributed by atoms with Gasteiger partial charge in [-0.3, -0.25) is 4.79 Å². The minimum atomic E-state index is -0.928. The Bertz CT molecular complexity index is 429. The number of carbonyl (C=O) groups is 1. The first kappa shape index (κ1) is 17.0. The number of nitrogens with zero attached hydrogens (tertiary/aromatic N) is 1. The number of anilines is 1. The minimum absolute atomic E-state index is 0.624. The Balaban J connectivity index is 2.58. The first-order chi connectivity index (χ1) is 9.41. The molecule has 0 aliphatic heterocycles. The third-order valence-corrected chi connectivity index (χ3v) is 4.56. The van der Waals surface area contributed by atoms with Crippen LogP contribution in [-0.2, 0) is 10.2 Å². The Morgan fingerprint density at radius 1 is 1.50 bits per heavy atom. The summed E-state index contributed by atoms with van der Waals surface area (Å²) in [4.78, 5) is 15.6. The largest absolute Gasteiger partial charge is 0.481 e. The molecular weight excluding hydrogens is 272 g/mol. The van der Waals surface area contributed by atoms with Crippen LogP contribution in [0.5, 0.6) is 0 Å². The predicted octanol–water partition coefficient (Wildman–Crippen LogP) is 4.13. The van der Waals surface area contributed by atoms with Crippen molar-refractivity contribution in [2.45, 2.75) is 58.8 Å². The summed E-state index contributed by atoms with van der Waals surface area (Å²) in [6.07, 6.45) is 4.88. The molecule has 1 aromatic rings. The lowest BCUT2D eigenvalue weighted by Crippen LogP contribution is -2.28. The van der Waals surface area contributed by atoms with Crippen molar-refractivity contribution in [2.75, 3.05) is 11.9 Å². The van der Waals surface area contributed by atoms with Crippen molar-refractivity contribution in [1.29, 1.82) is 0 Å². The standard InChI is InChI=1S/C15H26N2O2S/c1-5-7-8-11(6-2)9-16-14-17-12(10-20-14)15(3,4)13(18)19/h10-11H,5-9H2,1-4H3,(H,16,17)(H,18,19). The van der Waals surface area contributed by atoms with E-state index in [2.05, 4.69) is 24.1 Å². The molecule has 1 atom stereocenters. The first-order valence-electron chi connectivity index (χ1n) is 7.35. The van der Waals surface area contributed by atoms with Crippen LogP contribution in [0, 0.1) is 5.92 Å². The van der Waals surface area contributed by atoms with E-state index < -0.39 is 11.4 Å². The van der Waals surface area contributed by atoms with E-state index in [1.54, 1.807) is 13.8 Å². The number of carboxylic acids is 1. The average Bonchev–Trinajstić information content (AvgIpc) is 2.88. The van der Waals surface area contributed by atoms with Gasteiger partial charge in [0.2, 0.25) is 0 Å². The minimum Gasteiger partial charge on any atom is -0.481 e. The fraction of sp³-hybridized carbons (Fsp3) is 0.733. The molecule has 0 spiro atoms. The van der Waals surface area contributed by atoms with Crippen LogP contribution < -0.4 is 5.32 Å². The summed E-state index contributed by atoms with van der Waals surface area (Å²) in [6, 6.07) is 0. The summed E-state index contributed by atoms with van der Waals surface area (Å²) in [7, 11) is 0. The van der Waals surface area contributed by atoms with E-state index in [1.165, 1.54) is 30.6 Å². The van der Waals surface area contributed by atoms with Gasteiger partial charge in [0.15, 0.2) is 5.13 Å². The monoisotopic (exact) mass is 298 g/mol. The molecule has 114 valence electrons. The molecule has 1 heterocycles. The molecule has 0 aromatic carbocycles. The molecule has 0 saturated heterocycles. The average molecular weight is 298 g/mol. The van der Waals surface area contributed by atoms with E-state index in [0.29, 0.717) is 11.6 Å². The van der Waals surface area contributed by atoms with Crippen LogP contribution in [0.4, 0.5) is 5.13 Å². The molecule has 0 saturated carbocycles. The third kappa shape index (κ3) is 4.47. The molecule has 0 amide bonds. The Kier molecular flexibility index (Phi) is 6.46. The van der Waals surface area contributed by atoms with Gasteiger partial charge in [0.05, 0.1) is 5.69 Å². The number of hydrogen-bond acceptors (Lipinski definition) is 4. The van der Waals surface area contributed by atoms with E-state index in [0.717, 1.165) is 18.1 Å². The van der Waals surface area contributed by atoms with Crippen LogP contribution in [0.25, 0.3) is 0 Å². The molecule has 0 radical (unpaired) electrons. The smallest absolute Gasteiger partial charge is 0.315 e. The lowest BCUT2D eigenvalue weighted by atomic mass is 9.90. The van der Waals surface area contributed by atoms with Gasteiger partial charge in [-0.25, -0.2) is 4.98 Å². The molecular formula is C15H26N2O2S. The highest BCUT2D eigenvalue weighted by molar-refractivity contribution is 7.13. The van der Waals surface area contributed by atoms with E-state index >= 15 is 0 Å². The zero-order chi connectivity index (χ0) is 15.2. The molecule has 4 nitrogen and oxygen atoms in total. The summed E-state index contributed by atoms with van der Waals surface area (Å²) < 4.78 is 0. The third-order valence-electron chi connectivity index (χ3n) is 3.76. The van der Waals surface area contributed by atoms with Crippen molar-refractivity contribution in [3.8, 4) is 0 Å². The number of aliphatic carboxylic acids is 1. The maximum Gasteiger partial charge on any atom is 0.315 e. The molecule has 1 rings (SSSR count). The zero-order valence-electron chi connectivity index (χ0n) is 12.9. The van der Waals surface area contributed by atoms with Crippen LogP contribution in [0.2, 0.25) is 0 Å². The van der Waals surface area contributed by atoms with E-state index in [-0.39, 0.29) is 0 Å². The summed E-state index contributed by atoms with van der Waals surface area (Å²) in [5, 5.41) is 15.2. The number of hydrogen-bond donors (Lipinski definition) is 2. The van der Waals surface area contributed by atoms with E-state index in [9.17, 15) is 9.90 Å². The predicted molar refractivity (Wildman–Crippen MR) is 84.6 cm³/mol. The molecule has 1 aromatic heterocycles. The maximum atomic E-state index is 11.2. The van der Waals surface area contributed by atoms with Gasteiger partial charge in [0.25, 0.3) is 0 Å². The Morgan fingerprint density at radius 2 is 2.20 bits per heavy atom. The number of carboxylic acid groups (broad SMARTS) is 1. The van der Waals surface area contributed by atoms with Crippen molar-refractivity contribution >= 4 is 22.4 Å². The van der Waals surface area contributed by atoms with Gasteiger partial charge in [0.1, 0.15) is 5.41 Å². The topological polar surface area (TPSA) is 62.2 Å². The highest BCUT2D eigenvalue weighted by Crippen LogP contribution is 2.27. The van der Waals surface area contributed by atoms with Gasteiger partial charge >= 0.3 is 5.97 Å². The Hall–Kier alpha value is -1.10. The number of rotatable bonds is 9. The molecule has 0 fully saturated rings. The molecule has 1 unspecified atom stereocenters. The number of nitrogens with one attached hydrogen (secondary N) is 1. The van der Waals surface area contributed by atoms with Crippen LogP contribution in [-0.4, -0.2) is 22.6 Å². The molecule has 2 N–H and O–H groups in total. The second kappa shape index (κ2) is 7.62. The van der Waals surface area contributed by atoms with Crippen LogP contribution in [0.1, 0.15) is 59.1 Å². The van der Waals surface area contributed by atoms with Gasteiger partial charge in [-0.2, -0.15) is 0 Å². The summed E-state index contributed by atoms with van der Waals surface area (Å²) in [5.74, 6) is -0.182. The molecule has 20 heavy (non-hydrogen) atoms. The molecule has 0 aliphatic carbocycles. The number of thiazole rings is 1. The molecule has 0 bridgehead atoms. The lowest BCUT2D eigenvalue weighted by Gasteiger charge is -2.16. The quantitative estimate of drug-likeness (QED) is 0.719. The first-order valence-corrected chi connectivity index (χ1v) is 8.23. The van der Waals surface area contributed by atoms with E-state index in [4.69, 9.17) is 0 Å². The van der Waals surface area contributed by atoms with Gasteiger partial charge in [-0.1, -0.05) is 33.1 Å². The molecule has 0 aliphatic rings. The zero-order valence-corrected chi connectivity index (χ0v) is 13.7. The van der Waals surface area contributed by atoms with Crippen molar-refractivity contribution in [3.63, 3.8) is 0 Å². The van der Waals surface area contributed by atoms with Gasteiger partial charge < -0.3 is 10.4 Å². The van der Waals surface area contributed by atoms with Gasteiger partial charge in [-0.15, -0.1) is 11.3 Å². The van der Waals surface area contributed by atoms with Crippen LogP contribution in [0.15, 0.2) is 5.38 Å². The Labute approximate surface area is 125 Å². The van der Waals surface area contributed by atoms with Gasteiger partial charge in [-0.05, 0) is 26.2 Å². The molecule has 5 heteroatoms. The second-order valence-corrected chi connectivity index (χ2v) is 6.62. The second-order valence-electron chi connectivity index (χ2n) is 5.77. The van der Waals surface area contributed by atoms with Crippen molar-refractivity contribution in [3.05, 3.63) is 11.1 Å². The van der Waals surface area contributed by atoms with Crippen molar-refractivity contribution in [1.82, 2.24) is 4.98 Å². The van der Waals surface area contributed by atoms with Crippen LogP contribution in [0.3, 0.4) is 0 Å². The Morgan fingerprint density at radius 3 is 2.75 bits per heavy atom. The van der Waals surface area contributed by atoms with Crippen LogP contribution >= 0.6 is 11.3 Å². The van der Waals surface area contributed by atoms with Crippen molar-refractivity contribution in [2.24, 2.45) is 5.92 Å². The summed E-state index contributed by atoms with van der Waals surface area (Å²) in [5.41, 5.74) is -0.304. The van der Waals surface area contributed by atoms with E-state index in [1.807, 2.05) is 5.38 Å². The highest BCUT2D eigenvalue weighted by atomic mass is 32.1. The normalized spacial score (nSPS) is 13.2. The fourth-order valence-electron chi connectivity index (χ4n) is 1.93. The van der Waals surface area contributed by atoms with Crippen molar-refractivity contribution < 1.29 is 9.90 Å². The summed E-state index contributed by atoms with van der Waals surface area (Å²) in [6.45, 7) is 8.70. The SMILES string of the molecule is CCCCC(CC)CNc1nc(C(C)(C)C(=O)O)cs1.